The van der Waals surface area contributed by atoms with Gasteiger partial charge in [-0.1, -0.05) is 0 Å². The third-order valence-corrected chi connectivity index (χ3v) is 4.77. The van der Waals surface area contributed by atoms with E-state index in [9.17, 15) is 4.79 Å². The van der Waals surface area contributed by atoms with Crippen molar-refractivity contribution in [3.8, 4) is 11.3 Å². The molecular formula is C16H21N3O2S. The molecule has 0 saturated carbocycles. The minimum absolute atomic E-state index is 0.0487. The summed E-state index contributed by atoms with van der Waals surface area (Å²) in [4.78, 5) is 22.1. The van der Waals surface area contributed by atoms with E-state index in [1.54, 1.807) is 11.3 Å². The summed E-state index contributed by atoms with van der Waals surface area (Å²) in [6, 6.07) is 1.89. The molecule has 0 radical (unpaired) electrons. The van der Waals surface area contributed by atoms with Crippen LogP contribution >= 0.6 is 11.3 Å². The molecule has 0 bridgehead atoms. The van der Waals surface area contributed by atoms with E-state index in [4.69, 9.17) is 4.74 Å². The van der Waals surface area contributed by atoms with Crippen molar-refractivity contribution >= 4 is 17.2 Å². The molecule has 0 aromatic carbocycles. The summed E-state index contributed by atoms with van der Waals surface area (Å²) >= 11 is 1.61. The van der Waals surface area contributed by atoms with E-state index in [0.717, 1.165) is 42.4 Å². The van der Waals surface area contributed by atoms with E-state index in [0.29, 0.717) is 18.2 Å². The van der Waals surface area contributed by atoms with Gasteiger partial charge in [-0.2, -0.15) is 0 Å². The molecule has 1 N–H and O–H groups in total. The van der Waals surface area contributed by atoms with E-state index in [1.807, 2.05) is 36.4 Å². The van der Waals surface area contributed by atoms with Crippen molar-refractivity contribution in [1.82, 2.24) is 14.9 Å². The van der Waals surface area contributed by atoms with Crippen molar-refractivity contribution in [2.45, 2.75) is 20.3 Å². The molecule has 1 atom stereocenters. The highest BCUT2D eigenvalue weighted by molar-refractivity contribution is 7.09. The number of H-pyrrole nitrogens is 1. The number of hydrogen-bond donors (Lipinski definition) is 1. The van der Waals surface area contributed by atoms with Crippen molar-refractivity contribution in [3.63, 3.8) is 0 Å². The van der Waals surface area contributed by atoms with Crippen molar-refractivity contribution in [2.75, 3.05) is 26.3 Å². The number of nitrogens with zero attached hydrogens (tertiary/aromatic N) is 2. The van der Waals surface area contributed by atoms with Gasteiger partial charge in [-0.05, 0) is 26.3 Å². The quantitative estimate of drug-likeness (QED) is 0.922. The van der Waals surface area contributed by atoms with Crippen LogP contribution in [0.1, 0.15) is 28.8 Å². The minimum atomic E-state index is 0.0487. The predicted molar refractivity (Wildman–Crippen MR) is 87.1 cm³/mol. The molecule has 2 aromatic heterocycles. The van der Waals surface area contributed by atoms with Gasteiger partial charge in [0.25, 0.3) is 5.91 Å². The monoisotopic (exact) mass is 319 g/mol. The van der Waals surface area contributed by atoms with Crippen molar-refractivity contribution in [1.29, 1.82) is 0 Å². The second-order valence-electron chi connectivity index (χ2n) is 5.63. The Morgan fingerprint density at radius 1 is 1.59 bits per heavy atom. The molecule has 1 aliphatic rings. The number of ether oxygens (including phenoxy) is 1. The van der Waals surface area contributed by atoms with Gasteiger partial charge in [0.05, 0.1) is 17.3 Å². The van der Waals surface area contributed by atoms with Crippen LogP contribution in [-0.2, 0) is 4.74 Å². The molecule has 0 spiro atoms. The van der Waals surface area contributed by atoms with Crippen LogP contribution in [0.5, 0.6) is 0 Å². The number of amides is 1. The molecule has 6 heteroatoms. The Bertz CT molecular complexity index is 643. The first kappa shape index (κ1) is 15.2. The van der Waals surface area contributed by atoms with Gasteiger partial charge in [0.15, 0.2) is 0 Å². The number of hydrogen-bond acceptors (Lipinski definition) is 4. The zero-order chi connectivity index (χ0) is 15.5. The van der Waals surface area contributed by atoms with Gasteiger partial charge >= 0.3 is 0 Å². The predicted octanol–water partition coefficient (Wildman–Crippen LogP) is 2.95. The summed E-state index contributed by atoms with van der Waals surface area (Å²) in [5.74, 6) is 0.507. The molecule has 118 valence electrons. The van der Waals surface area contributed by atoms with Crippen molar-refractivity contribution in [3.05, 3.63) is 28.3 Å². The second-order valence-corrected chi connectivity index (χ2v) is 6.69. The number of carbonyl (C=O) groups excluding carboxylic acids is 1. The average Bonchev–Trinajstić information content (AvgIpc) is 3.25. The number of nitrogens with one attached hydrogen (secondary N) is 1. The summed E-state index contributed by atoms with van der Waals surface area (Å²) in [5.41, 5.74) is 2.51. The first-order valence-electron chi connectivity index (χ1n) is 7.65. The molecule has 1 amide bonds. The maximum atomic E-state index is 12.6. The first-order chi connectivity index (χ1) is 10.7. The summed E-state index contributed by atoms with van der Waals surface area (Å²) in [6.45, 7) is 7.04. The minimum Gasteiger partial charge on any atom is -0.381 e. The smallest absolute Gasteiger partial charge is 0.270 e. The fraction of sp³-hybridized carbons (Fsp3) is 0.500. The molecule has 1 saturated heterocycles. The van der Waals surface area contributed by atoms with Crippen molar-refractivity contribution < 1.29 is 9.53 Å². The summed E-state index contributed by atoms with van der Waals surface area (Å²) in [6.07, 6.45) is 2.89. The zero-order valence-electron chi connectivity index (χ0n) is 13.0. The molecule has 22 heavy (non-hydrogen) atoms. The number of aryl methyl sites for hydroxylation is 1. The van der Waals surface area contributed by atoms with Crippen molar-refractivity contribution in [2.24, 2.45) is 5.92 Å². The molecule has 3 rings (SSSR count). The number of aromatic nitrogens is 2. The SMILES string of the molecule is CCN(C[C@@H]1CCOC1)C(=O)c1cc(-c2csc(C)n2)c[nH]1. The topological polar surface area (TPSA) is 58.2 Å². The second kappa shape index (κ2) is 6.62. The van der Waals surface area contributed by atoms with Crippen LogP contribution < -0.4 is 0 Å². The van der Waals surface area contributed by atoms with Crippen LogP contribution in [0.15, 0.2) is 17.6 Å². The molecule has 3 heterocycles. The maximum absolute atomic E-state index is 12.6. The van der Waals surface area contributed by atoms with E-state index < -0.39 is 0 Å². The molecule has 0 aliphatic carbocycles. The number of thiazole rings is 1. The van der Waals surface area contributed by atoms with Gasteiger partial charge < -0.3 is 14.6 Å². The van der Waals surface area contributed by atoms with Crippen LogP contribution in [0.4, 0.5) is 0 Å². The van der Waals surface area contributed by atoms with Crippen LogP contribution in [0.25, 0.3) is 11.3 Å². The highest BCUT2D eigenvalue weighted by atomic mass is 32.1. The Balaban J connectivity index is 1.71. The molecule has 1 aliphatic heterocycles. The Labute approximate surface area is 134 Å². The number of aromatic amines is 1. The normalized spacial score (nSPS) is 17.8. The lowest BCUT2D eigenvalue weighted by molar-refractivity contribution is 0.0725. The molecule has 0 unspecified atom stereocenters. The standard InChI is InChI=1S/C16H21N3O2S/c1-3-19(8-12-4-5-21-9-12)16(20)14-6-13(7-17-14)15-10-22-11(2)18-15/h6-7,10,12,17H,3-5,8-9H2,1-2H3/t12-/m0/s1. The van der Waals surface area contributed by atoms with Gasteiger partial charge in [0.1, 0.15) is 5.69 Å². The van der Waals surface area contributed by atoms with Gasteiger partial charge in [-0.25, -0.2) is 4.98 Å². The lowest BCUT2D eigenvalue weighted by Gasteiger charge is -2.23. The fourth-order valence-electron chi connectivity index (χ4n) is 2.73. The zero-order valence-corrected chi connectivity index (χ0v) is 13.8. The Morgan fingerprint density at radius 2 is 2.45 bits per heavy atom. The third-order valence-electron chi connectivity index (χ3n) is 4.00. The Hall–Kier alpha value is -1.66. The highest BCUT2D eigenvalue weighted by Crippen LogP contribution is 2.23. The molecular weight excluding hydrogens is 298 g/mol. The lowest BCUT2D eigenvalue weighted by Crippen LogP contribution is -2.35. The highest BCUT2D eigenvalue weighted by Gasteiger charge is 2.23. The van der Waals surface area contributed by atoms with Crippen LogP contribution in [0.2, 0.25) is 0 Å². The average molecular weight is 319 g/mol. The summed E-state index contributed by atoms with van der Waals surface area (Å²) in [5, 5.41) is 3.04. The molecule has 2 aromatic rings. The van der Waals surface area contributed by atoms with Gasteiger partial charge in [-0.3, -0.25) is 4.79 Å². The van der Waals surface area contributed by atoms with Gasteiger partial charge in [-0.15, -0.1) is 11.3 Å². The first-order valence-corrected chi connectivity index (χ1v) is 8.53. The van der Waals surface area contributed by atoms with Crippen LogP contribution in [0.3, 0.4) is 0 Å². The van der Waals surface area contributed by atoms with E-state index in [2.05, 4.69) is 9.97 Å². The van der Waals surface area contributed by atoms with E-state index in [-0.39, 0.29) is 5.91 Å². The van der Waals surface area contributed by atoms with Crippen LogP contribution in [-0.4, -0.2) is 47.1 Å². The lowest BCUT2D eigenvalue weighted by atomic mass is 10.1. The number of rotatable bonds is 5. The largest absolute Gasteiger partial charge is 0.381 e. The molecule has 5 nitrogen and oxygen atoms in total. The van der Waals surface area contributed by atoms with Gasteiger partial charge in [0.2, 0.25) is 0 Å². The van der Waals surface area contributed by atoms with Gasteiger partial charge in [0, 0.05) is 42.8 Å². The van der Waals surface area contributed by atoms with E-state index >= 15 is 0 Å². The summed E-state index contributed by atoms with van der Waals surface area (Å²) in [7, 11) is 0. The fourth-order valence-corrected chi connectivity index (χ4v) is 3.35. The van der Waals surface area contributed by atoms with Crippen LogP contribution in [0, 0.1) is 12.8 Å². The Morgan fingerprint density at radius 3 is 3.09 bits per heavy atom. The number of carbonyl (C=O) groups is 1. The third kappa shape index (κ3) is 3.23. The maximum Gasteiger partial charge on any atom is 0.270 e. The summed E-state index contributed by atoms with van der Waals surface area (Å²) < 4.78 is 5.40. The Kier molecular flexibility index (Phi) is 4.59. The molecule has 1 fully saturated rings. The van der Waals surface area contributed by atoms with E-state index in [1.165, 1.54) is 0 Å².